The molecule has 0 aliphatic carbocycles. The Kier molecular flexibility index (Phi) is 6.03. The van der Waals surface area contributed by atoms with Crippen LogP contribution in [0.1, 0.15) is 12.8 Å². The third kappa shape index (κ3) is 4.54. The van der Waals surface area contributed by atoms with E-state index in [1.807, 2.05) is 0 Å². The van der Waals surface area contributed by atoms with Gasteiger partial charge in [-0.25, -0.2) is 25.9 Å². The van der Waals surface area contributed by atoms with Crippen molar-refractivity contribution in [1.82, 2.24) is 9.03 Å². The van der Waals surface area contributed by atoms with Crippen molar-refractivity contribution in [1.29, 1.82) is 0 Å². The maximum atomic E-state index is 13.2. The summed E-state index contributed by atoms with van der Waals surface area (Å²) in [4.78, 5) is -0.0822. The Bertz CT molecular complexity index is 827. The first-order valence-electron chi connectivity index (χ1n) is 7.23. The maximum absolute atomic E-state index is 13.2. The number of hydrogen-bond donors (Lipinski definition) is 1. The molecule has 1 aromatic rings. The SMILES string of the molecule is C=CS(=O)(=O)NCC1CCCN(S(=O)(=O)c2ccc(F)c(Cl)c2)C1. The van der Waals surface area contributed by atoms with Gasteiger partial charge in [0.15, 0.2) is 0 Å². The molecule has 0 saturated carbocycles. The molecule has 10 heteroatoms. The van der Waals surface area contributed by atoms with Gasteiger partial charge >= 0.3 is 0 Å². The van der Waals surface area contributed by atoms with Gasteiger partial charge in [0, 0.05) is 25.0 Å². The lowest BCUT2D eigenvalue weighted by Gasteiger charge is -2.32. The van der Waals surface area contributed by atoms with Crippen LogP contribution in [0.15, 0.2) is 35.1 Å². The van der Waals surface area contributed by atoms with Gasteiger partial charge < -0.3 is 0 Å². The third-order valence-corrected chi connectivity index (χ3v) is 6.96. The molecule has 1 fully saturated rings. The summed E-state index contributed by atoms with van der Waals surface area (Å²) in [6, 6.07) is 3.26. The minimum Gasteiger partial charge on any atom is -0.211 e. The molecule has 1 N–H and O–H groups in total. The van der Waals surface area contributed by atoms with Crippen LogP contribution in [0.4, 0.5) is 4.39 Å². The Morgan fingerprint density at radius 1 is 1.38 bits per heavy atom. The van der Waals surface area contributed by atoms with E-state index in [1.165, 1.54) is 10.4 Å². The molecule has 1 aromatic carbocycles. The first-order valence-corrected chi connectivity index (χ1v) is 10.6. The molecule has 1 saturated heterocycles. The lowest BCUT2D eigenvalue weighted by atomic mass is 10.0. The van der Waals surface area contributed by atoms with Crippen LogP contribution in [-0.4, -0.2) is 40.8 Å². The first-order chi connectivity index (χ1) is 11.2. The lowest BCUT2D eigenvalue weighted by molar-refractivity contribution is 0.267. The Morgan fingerprint density at radius 2 is 2.08 bits per heavy atom. The number of sulfonamides is 2. The van der Waals surface area contributed by atoms with Gasteiger partial charge in [0.1, 0.15) is 5.82 Å². The first kappa shape index (κ1) is 19.3. The van der Waals surface area contributed by atoms with E-state index in [2.05, 4.69) is 11.3 Å². The van der Waals surface area contributed by atoms with Crippen molar-refractivity contribution >= 4 is 31.6 Å². The Balaban J connectivity index is 2.13. The van der Waals surface area contributed by atoms with E-state index in [0.29, 0.717) is 19.4 Å². The van der Waals surface area contributed by atoms with E-state index in [0.717, 1.165) is 17.5 Å². The zero-order valence-electron chi connectivity index (χ0n) is 12.8. The zero-order valence-corrected chi connectivity index (χ0v) is 15.2. The summed E-state index contributed by atoms with van der Waals surface area (Å²) in [7, 11) is -7.36. The monoisotopic (exact) mass is 396 g/mol. The van der Waals surface area contributed by atoms with Gasteiger partial charge in [-0.3, -0.25) is 0 Å². The average molecular weight is 397 g/mol. The molecule has 0 radical (unpaired) electrons. The molecular formula is C14H18ClFN2O4S2. The Hall–Kier alpha value is -1.00. The highest BCUT2D eigenvalue weighted by Crippen LogP contribution is 2.26. The Labute approximate surface area is 146 Å². The average Bonchev–Trinajstić information content (AvgIpc) is 2.56. The summed E-state index contributed by atoms with van der Waals surface area (Å²) < 4.78 is 65.0. The van der Waals surface area contributed by atoms with Crippen LogP contribution in [-0.2, 0) is 20.0 Å². The maximum Gasteiger partial charge on any atom is 0.243 e. The minimum absolute atomic E-state index is 0.0822. The third-order valence-electron chi connectivity index (χ3n) is 3.80. The van der Waals surface area contributed by atoms with Crippen LogP contribution in [0.3, 0.4) is 0 Å². The molecule has 1 unspecified atom stereocenters. The van der Waals surface area contributed by atoms with Crippen molar-refractivity contribution < 1.29 is 21.2 Å². The molecule has 6 nitrogen and oxygen atoms in total. The highest BCUT2D eigenvalue weighted by molar-refractivity contribution is 7.92. The fourth-order valence-electron chi connectivity index (χ4n) is 2.49. The summed E-state index contributed by atoms with van der Waals surface area (Å²) in [6.45, 7) is 3.83. The molecule has 0 spiro atoms. The second-order valence-electron chi connectivity index (χ2n) is 5.51. The molecule has 1 aliphatic rings. The van der Waals surface area contributed by atoms with Gasteiger partial charge in [-0.2, -0.15) is 4.31 Å². The number of rotatable bonds is 6. The molecule has 1 atom stereocenters. The van der Waals surface area contributed by atoms with Gasteiger partial charge in [-0.15, -0.1) is 0 Å². The molecule has 134 valence electrons. The lowest BCUT2D eigenvalue weighted by Crippen LogP contribution is -2.43. The molecule has 2 rings (SSSR count). The van der Waals surface area contributed by atoms with E-state index in [9.17, 15) is 21.2 Å². The van der Waals surface area contributed by atoms with E-state index in [1.54, 1.807) is 0 Å². The summed E-state index contributed by atoms with van der Waals surface area (Å²) in [5.41, 5.74) is 0. The number of nitrogens with one attached hydrogen (secondary N) is 1. The fourth-order valence-corrected chi connectivity index (χ4v) is 4.90. The van der Waals surface area contributed by atoms with E-state index in [-0.39, 0.29) is 28.9 Å². The zero-order chi connectivity index (χ0) is 18.0. The van der Waals surface area contributed by atoms with Crippen LogP contribution in [0, 0.1) is 11.7 Å². The van der Waals surface area contributed by atoms with Crippen molar-refractivity contribution in [3.8, 4) is 0 Å². The summed E-state index contributed by atoms with van der Waals surface area (Å²) in [6.07, 6.45) is 1.31. The van der Waals surface area contributed by atoms with Crippen LogP contribution in [0.25, 0.3) is 0 Å². The molecule has 24 heavy (non-hydrogen) atoms. The molecule has 1 heterocycles. The van der Waals surface area contributed by atoms with Crippen molar-refractivity contribution in [2.24, 2.45) is 5.92 Å². The molecule has 1 aliphatic heterocycles. The highest BCUT2D eigenvalue weighted by Gasteiger charge is 2.31. The van der Waals surface area contributed by atoms with Crippen LogP contribution < -0.4 is 4.72 Å². The standard InChI is InChI=1S/C14H18ClFN2O4S2/c1-2-23(19,20)17-9-11-4-3-7-18(10-11)24(21,22)12-5-6-14(16)13(15)8-12/h2,5-6,8,11,17H,1,3-4,7,9-10H2. The predicted molar refractivity (Wildman–Crippen MR) is 90.0 cm³/mol. The number of nitrogens with zero attached hydrogens (tertiary/aromatic N) is 1. The largest absolute Gasteiger partial charge is 0.243 e. The number of benzene rings is 1. The topological polar surface area (TPSA) is 83.6 Å². The number of piperidine rings is 1. The van der Waals surface area contributed by atoms with Gasteiger partial charge in [-0.05, 0) is 37.0 Å². The van der Waals surface area contributed by atoms with Gasteiger partial charge in [0.05, 0.1) is 9.92 Å². The summed E-state index contributed by atoms with van der Waals surface area (Å²) >= 11 is 5.66. The highest BCUT2D eigenvalue weighted by atomic mass is 35.5. The second kappa shape index (κ2) is 7.49. The Morgan fingerprint density at radius 3 is 2.71 bits per heavy atom. The van der Waals surface area contributed by atoms with Gasteiger partial charge in [0.2, 0.25) is 20.0 Å². The summed E-state index contributed by atoms with van der Waals surface area (Å²) in [5, 5.41) is 0.550. The van der Waals surface area contributed by atoms with Crippen LogP contribution >= 0.6 is 11.6 Å². The van der Waals surface area contributed by atoms with Gasteiger partial charge in [0.25, 0.3) is 0 Å². The molecular weight excluding hydrogens is 379 g/mol. The predicted octanol–water partition coefficient (Wildman–Crippen LogP) is 1.94. The summed E-state index contributed by atoms with van der Waals surface area (Å²) in [5.74, 6) is -0.842. The van der Waals surface area contributed by atoms with Crippen molar-refractivity contribution in [2.45, 2.75) is 17.7 Å². The molecule has 0 aromatic heterocycles. The molecule has 0 bridgehead atoms. The van der Waals surface area contributed by atoms with E-state index < -0.39 is 25.9 Å². The van der Waals surface area contributed by atoms with Crippen molar-refractivity contribution in [2.75, 3.05) is 19.6 Å². The van der Waals surface area contributed by atoms with Crippen molar-refractivity contribution in [3.63, 3.8) is 0 Å². The molecule has 0 amide bonds. The van der Waals surface area contributed by atoms with E-state index in [4.69, 9.17) is 11.6 Å². The second-order valence-corrected chi connectivity index (χ2v) is 9.56. The number of hydrogen-bond acceptors (Lipinski definition) is 4. The quantitative estimate of drug-likeness (QED) is 0.796. The minimum atomic E-state index is -3.81. The van der Waals surface area contributed by atoms with Gasteiger partial charge in [-0.1, -0.05) is 18.2 Å². The number of halogens is 2. The smallest absolute Gasteiger partial charge is 0.211 e. The van der Waals surface area contributed by atoms with Crippen molar-refractivity contribution in [3.05, 3.63) is 41.0 Å². The normalized spacial score (nSPS) is 20.0. The van der Waals surface area contributed by atoms with Crippen LogP contribution in [0.5, 0.6) is 0 Å². The fraction of sp³-hybridized carbons (Fsp3) is 0.429. The van der Waals surface area contributed by atoms with Crippen LogP contribution in [0.2, 0.25) is 5.02 Å². The van der Waals surface area contributed by atoms with E-state index >= 15 is 0 Å².